The molecule has 2 aromatic rings. The number of piperidine rings is 1. The topological polar surface area (TPSA) is 43.8 Å². The molecule has 2 atom stereocenters. The van der Waals surface area contributed by atoms with Crippen molar-refractivity contribution < 1.29 is 36.2 Å². The summed E-state index contributed by atoms with van der Waals surface area (Å²) in [6.07, 6.45) is -9.57. The molecule has 0 aromatic heterocycles. The Kier molecular flexibility index (Phi) is 7.74. The molecule has 1 aliphatic heterocycles. The quantitative estimate of drug-likeness (QED) is 0.392. The van der Waals surface area contributed by atoms with E-state index in [1.807, 2.05) is 6.92 Å². The van der Waals surface area contributed by atoms with Crippen LogP contribution >= 0.6 is 15.9 Å². The molecule has 34 heavy (non-hydrogen) atoms. The predicted molar refractivity (Wildman–Crippen MR) is 119 cm³/mol. The summed E-state index contributed by atoms with van der Waals surface area (Å²) in [7, 11) is 0. The average Bonchev–Trinajstić information content (AvgIpc) is 2.76. The fourth-order valence-electron chi connectivity index (χ4n) is 4.32. The molecule has 2 unspecified atom stereocenters. The first-order chi connectivity index (χ1) is 15.8. The van der Waals surface area contributed by atoms with E-state index in [1.165, 1.54) is 4.90 Å². The number of likely N-dealkylation sites (tertiary alicyclic amines) is 1. The minimum Gasteiger partial charge on any atom is -0.465 e. The Bertz CT molecular complexity index is 978. The molecule has 3 rings (SSSR count). The Labute approximate surface area is 201 Å². The van der Waals surface area contributed by atoms with Crippen molar-refractivity contribution in [1.82, 2.24) is 4.90 Å². The first-order valence-electron chi connectivity index (χ1n) is 10.6. The van der Waals surface area contributed by atoms with Crippen molar-refractivity contribution in [2.24, 2.45) is 0 Å². The van der Waals surface area contributed by atoms with Crippen LogP contribution in [-0.4, -0.2) is 34.7 Å². The molecule has 1 saturated heterocycles. The lowest BCUT2D eigenvalue weighted by atomic mass is 9.93. The van der Waals surface area contributed by atoms with Gasteiger partial charge < -0.3 is 14.9 Å². The Morgan fingerprint density at radius 1 is 1.06 bits per heavy atom. The van der Waals surface area contributed by atoms with Crippen LogP contribution in [0, 0.1) is 0 Å². The second-order valence-electron chi connectivity index (χ2n) is 8.23. The number of benzene rings is 2. The van der Waals surface area contributed by atoms with Gasteiger partial charge in [0.25, 0.3) is 0 Å². The summed E-state index contributed by atoms with van der Waals surface area (Å²) >= 11 is 3.32. The van der Waals surface area contributed by atoms with Gasteiger partial charge in [-0.2, -0.15) is 26.3 Å². The normalized spacial score (nSPS) is 19.2. The minimum absolute atomic E-state index is 0.117. The van der Waals surface area contributed by atoms with Crippen LogP contribution in [0.15, 0.2) is 46.9 Å². The Morgan fingerprint density at radius 3 is 2.09 bits per heavy atom. The molecule has 1 aliphatic rings. The van der Waals surface area contributed by atoms with Gasteiger partial charge in [0.1, 0.15) is 0 Å². The highest BCUT2D eigenvalue weighted by Crippen LogP contribution is 2.38. The zero-order chi connectivity index (χ0) is 25.3. The Morgan fingerprint density at radius 2 is 1.62 bits per heavy atom. The number of carboxylic acid groups (broad SMARTS) is 1. The van der Waals surface area contributed by atoms with Gasteiger partial charge in [0.2, 0.25) is 0 Å². The van der Waals surface area contributed by atoms with E-state index >= 15 is 0 Å². The molecule has 4 nitrogen and oxygen atoms in total. The lowest BCUT2D eigenvalue weighted by molar-refractivity contribution is -0.143. The first-order valence-corrected chi connectivity index (χ1v) is 11.4. The average molecular weight is 553 g/mol. The molecule has 0 spiro atoms. The van der Waals surface area contributed by atoms with Crippen molar-refractivity contribution in [3.63, 3.8) is 0 Å². The number of amides is 1. The van der Waals surface area contributed by atoms with Crippen LogP contribution in [-0.2, 0) is 18.9 Å². The number of alkyl halides is 6. The van der Waals surface area contributed by atoms with Crippen molar-refractivity contribution in [1.29, 1.82) is 0 Å². The fraction of sp³-hybridized carbons (Fsp3) is 0.435. The third-order valence-electron chi connectivity index (χ3n) is 6.00. The third kappa shape index (κ3) is 6.17. The Balaban J connectivity index is 2.02. The van der Waals surface area contributed by atoms with Crippen LogP contribution < -0.4 is 4.90 Å². The molecule has 1 fully saturated rings. The molecule has 1 amide bonds. The molecular weight excluding hydrogens is 530 g/mol. The van der Waals surface area contributed by atoms with E-state index in [4.69, 9.17) is 0 Å². The smallest absolute Gasteiger partial charge is 0.416 e. The second kappa shape index (κ2) is 10.1. The summed E-state index contributed by atoms with van der Waals surface area (Å²) in [5.41, 5.74) is -2.22. The van der Waals surface area contributed by atoms with Crippen LogP contribution in [0.25, 0.3) is 0 Å². The highest BCUT2D eigenvalue weighted by atomic mass is 79.9. The van der Waals surface area contributed by atoms with E-state index in [-0.39, 0.29) is 36.8 Å². The van der Waals surface area contributed by atoms with E-state index in [2.05, 4.69) is 15.9 Å². The van der Waals surface area contributed by atoms with Crippen LogP contribution in [0.3, 0.4) is 0 Å². The van der Waals surface area contributed by atoms with Crippen molar-refractivity contribution in [3.8, 4) is 0 Å². The number of hydrogen-bond acceptors (Lipinski definition) is 2. The lowest BCUT2D eigenvalue weighted by Gasteiger charge is -2.43. The van der Waals surface area contributed by atoms with Gasteiger partial charge in [-0.05, 0) is 67.3 Å². The van der Waals surface area contributed by atoms with E-state index in [1.54, 1.807) is 29.2 Å². The first kappa shape index (κ1) is 26.2. The highest BCUT2D eigenvalue weighted by molar-refractivity contribution is 9.10. The molecular formula is C23H23BrF6N2O2. The maximum atomic E-state index is 13.4. The van der Waals surface area contributed by atoms with Crippen LogP contribution in [0.5, 0.6) is 0 Å². The van der Waals surface area contributed by atoms with Gasteiger partial charge in [0.05, 0.1) is 11.1 Å². The summed E-state index contributed by atoms with van der Waals surface area (Å²) in [5.74, 6) is 0. The molecule has 0 bridgehead atoms. The fourth-order valence-corrected chi connectivity index (χ4v) is 4.59. The molecule has 11 heteroatoms. The number of nitrogens with zero attached hydrogens (tertiary/aromatic N) is 2. The lowest BCUT2D eigenvalue weighted by Crippen LogP contribution is -2.51. The van der Waals surface area contributed by atoms with E-state index in [9.17, 15) is 36.2 Å². The van der Waals surface area contributed by atoms with Gasteiger partial charge in [0.15, 0.2) is 0 Å². The molecule has 1 N–H and O–H groups in total. The zero-order valence-electron chi connectivity index (χ0n) is 18.1. The molecule has 2 aromatic carbocycles. The molecule has 0 saturated carbocycles. The van der Waals surface area contributed by atoms with Gasteiger partial charge in [-0.1, -0.05) is 22.9 Å². The summed E-state index contributed by atoms with van der Waals surface area (Å²) < 4.78 is 80.9. The summed E-state index contributed by atoms with van der Waals surface area (Å²) in [5, 5.41) is 9.45. The zero-order valence-corrected chi connectivity index (χ0v) is 19.7. The van der Waals surface area contributed by atoms with Crippen LogP contribution in [0.4, 0.5) is 36.8 Å². The van der Waals surface area contributed by atoms with Gasteiger partial charge in [-0.3, -0.25) is 0 Å². The molecule has 0 aliphatic carbocycles. The molecule has 0 radical (unpaired) electrons. The number of rotatable bonds is 5. The van der Waals surface area contributed by atoms with E-state index < -0.39 is 29.6 Å². The third-order valence-corrected chi connectivity index (χ3v) is 6.53. The molecule has 1 heterocycles. The predicted octanol–water partition coefficient (Wildman–Crippen LogP) is 7.41. The largest absolute Gasteiger partial charge is 0.465 e. The van der Waals surface area contributed by atoms with E-state index in [0.29, 0.717) is 24.9 Å². The summed E-state index contributed by atoms with van der Waals surface area (Å²) in [4.78, 5) is 14.7. The van der Waals surface area contributed by atoms with Gasteiger partial charge in [-0.15, -0.1) is 0 Å². The van der Waals surface area contributed by atoms with Gasteiger partial charge in [0, 0.05) is 35.3 Å². The molecule has 186 valence electrons. The second-order valence-corrected chi connectivity index (χ2v) is 9.15. The summed E-state index contributed by atoms with van der Waals surface area (Å²) in [6, 6.07) is 7.95. The van der Waals surface area contributed by atoms with Crippen molar-refractivity contribution in [2.45, 2.75) is 57.2 Å². The maximum absolute atomic E-state index is 13.4. The maximum Gasteiger partial charge on any atom is 0.416 e. The van der Waals surface area contributed by atoms with Gasteiger partial charge in [-0.25, -0.2) is 4.79 Å². The van der Waals surface area contributed by atoms with Gasteiger partial charge >= 0.3 is 18.4 Å². The summed E-state index contributed by atoms with van der Waals surface area (Å²) in [6.45, 7) is 1.88. The minimum atomic E-state index is -4.93. The number of anilines is 1. The van der Waals surface area contributed by atoms with Crippen LogP contribution in [0.2, 0.25) is 0 Å². The van der Waals surface area contributed by atoms with Crippen molar-refractivity contribution >= 4 is 27.7 Å². The van der Waals surface area contributed by atoms with Crippen molar-refractivity contribution in [2.75, 3.05) is 11.4 Å². The van der Waals surface area contributed by atoms with E-state index in [0.717, 1.165) is 16.6 Å². The number of carbonyl (C=O) groups is 1. The SMILES string of the molecule is CCC1CC(N(Cc2cc(C(F)(F)F)cc(C(F)(F)F)c2)c2ccc(Br)cc2)CCN1C(=O)O. The monoisotopic (exact) mass is 552 g/mol. The highest BCUT2D eigenvalue weighted by Gasteiger charge is 2.38. The number of hydrogen-bond donors (Lipinski definition) is 1. The number of halogens is 7. The van der Waals surface area contributed by atoms with Crippen LogP contribution in [0.1, 0.15) is 42.9 Å². The Hall–Kier alpha value is -2.43. The standard InChI is InChI=1S/C23H23BrF6N2O2/c1-2-18-12-20(7-8-31(18)21(33)34)32(19-5-3-17(24)4-6-19)13-14-9-15(22(25,26)27)11-16(10-14)23(28,29)30/h3-6,9-11,18,20H,2,7-8,12-13H2,1H3,(H,33,34). The van der Waals surface area contributed by atoms with Crippen molar-refractivity contribution in [3.05, 3.63) is 63.6 Å².